The molecule has 25 heavy (non-hydrogen) atoms. The van der Waals surface area contributed by atoms with Gasteiger partial charge in [0.1, 0.15) is 11.4 Å². The SMILES string of the molecule is Cn1ncc(CNCc2c(Cl)cccc2Cl)c1NC(=O)OC(C)(C)C. The first-order valence-corrected chi connectivity index (χ1v) is 8.57. The van der Waals surface area contributed by atoms with E-state index in [0.29, 0.717) is 29.0 Å². The molecule has 1 amide bonds. The number of ether oxygens (including phenoxy) is 1. The van der Waals surface area contributed by atoms with Gasteiger partial charge in [-0.2, -0.15) is 5.10 Å². The number of aromatic nitrogens is 2. The molecule has 0 aliphatic heterocycles. The number of nitrogens with one attached hydrogen (secondary N) is 2. The van der Waals surface area contributed by atoms with Gasteiger partial charge in [0.25, 0.3) is 0 Å². The fraction of sp³-hybridized carbons (Fsp3) is 0.412. The van der Waals surface area contributed by atoms with Crippen molar-refractivity contribution in [2.75, 3.05) is 5.32 Å². The Morgan fingerprint density at radius 2 is 1.88 bits per heavy atom. The first kappa shape index (κ1) is 19.6. The minimum Gasteiger partial charge on any atom is -0.444 e. The molecule has 136 valence electrons. The molecule has 1 heterocycles. The Morgan fingerprint density at radius 1 is 1.24 bits per heavy atom. The van der Waals surface area contributed by atoms with Crippen LogP contribution in [0.5, 0.6) is 0 Å². The van der Waals surface area contributed by atoms with E-state index < -0.39 is 11.7 Å². The number of carbonyl (C=O) groups is 1. The van der Waals surface area contributed by atoms with Gasteiger partial charge in [-0.05, 0) is 32.9 Å². The number of aryl methyl sites for hydroxylation is 1. The van der Waals surface area contributed by atoms with Crippen LogP contribution in [0.2, 0.25) is 10.0 Å². The molecule has 0 spiro atoms. The summed E-state index contributed by atoms with van der Waals surface area (Å²) < 4.78 is 6.87. The van der Waals surface area contributed by atoms with Crippen molar-refractivity contribution in [1.29, 1.82) is 0 Å². The summed E-state index contributed by atoms with van der Waals surface area (Å²) in [5.74, 6) is 0.576. The summed E-state index contributed by atoms with van der Waals surface area (Å²) >= 11 is 12.3. The van der Waals surface area contributed by atoms with Crippen LogP contribution in [-0.4, -0.2) is 21.5 Å². The molecular weight excluding hydrogens is 363 g/mol. The first-order valence-electron chi connectivity index (χ1n) is 7.82. The number of hydrogen-bond donors (Lipinski definition) is 2. The van der Waals surface area contributed by atoms with E-state index in [4.69, 9.17) is 27.9 Å². The predicted octanol–water partition coefficient (Wildman–Crippen LogP) is 4.36. The molecular formula is C17H22Cl2N4O2. The Morgan fingerprint density at radius 3 is 2.48 bits per heavy atom. The summed E-state index contributed by atoms with van der Waals surface area (Å²) in [5, 5.41) is 11.4. The molecule has 0 atom stereocenters. The highest BCUT2D eigenvalue weighted by Crippen LogP contribution is 2.24. The van der Waals surface area contributed by atoms with Crippen LogP contribution in [-0.2, 0) is 24.9 Å². The van der Waals surface area contributed by atoms with Crippen molar-refractivity contribution in [3.05, 3.63) is 45.6 Å². The largest absolute Gasteiger partial charge is 0.444 e. The molecule has 0 bridgehead atoms. The lowest BCUT2D eigenvalue weighted by molar-refractivity contribution is 0.0634. The van der Waals surface area contributed by atoms with Gasteiger partial charge in [-0.15, -0.1) is 0 Å². The second-order valence-corrected chi connectivity index (χ2v) is 7.39. The summed E-state index contributed by atoms with van der Waals surface area (Å²) in [4.78, 5) is 12.0. The van der Waals surface area contributed by atoms with Gasteiger partial charge in [-0.25, -0.2) is 4.79 Å². The van der Waals surface area contributed by atoms with Gasteiger partial charge in [0, 0.05) is 41.3 Å². The lowest BCUT2D eigenvalue weighted by Crippen LogP contribution is -2.28. The van der Waals surface area contributed by atoms with Crippen LogP contribution in [0.15, 0.2) is 24.4 Å². The Balaban J connectivity index is 2.00. The number of benzene rings is 1. The summed E-state index contributed by atoms with van der Waals surface area (Å²) in [5.41, 5.74) is 1.09. The van der Waals surface area contributed by atoms with Crippen molar-refractivity contribution in [1.82, 2.24) is 15.1 Å². The molecule has 2 rings (SSSR count). The zero-order valence-corrected chi connectivity index (χ0v) is 16.2. The highest BCUT2D eigenvalue weighted by Gasteiger charge is 2.19. The summed E-state index contributed by atoms with van der Waals surface area (Å²) in [6.45, 7) is 6.42. The van der Waals surface area contributed by atoms with Crippen LogP contribution in [0, 0.1) is 0 Å². The van der Waals surface area contributed by atoms with Crippen molar-refractivity contribution in [3.8, 4) is 0 Å². The number of halogens is 2. The quantitative estimate of drug-likeness (QED) is 0.802. The average Bonchev–Trinajstić information content (AvgIpc) is 2.81. The Labute approximate surface area is 157 Å². The lowest BCUT2D eigenvalue weighted by atomic mass is 10.2. The maximum atomic E-state index is 12.0. The van der Waals surface area contributed by atoms with E-state index in [1.54, 1.807) is 36.1 Å². The lowest BCUT2D eigenvalue weighted by Gasteiger charge is -2.20. The minimum atomic E-state index is -0.568. The molecule has 2 aromatic rings. The van der Waals surface area contributed by atoms with E-state index in [1.807, 2.05) is 20.8 Å². The minimum absolute atomic E-state index is 0.487. The zero-order valence-electron chi connectivity index (χ0n) is 14.7. The van der Waals surface area contributed by atoms with E-state index in [0.717, 1.165) is 11.1 Å². The normalized spacial score (nSPS) is 11.4. The standard InChI is InChI=1S/C17H22Cl2N4O2/c1-17(2,3)25-16(24)22-15-11(9-21-23(15)4)8-20-10-12-13(18)6-5-7-14(12)19/h5-7,9,20H,8,10H2,1-4H3,(H,22,24). The Hall–Kier alpha value is -1.76. The molecule has 0 radical (unpaired) electrons. The fourth-order valence-electron chi connectivity index (χ4n) is 2.20. The second kappa shape index (κ2) is 8.08. The van der Waals surface area contributed by atoms with Crippen LogP contribution in [0.1, 0.15) is 31.9 Å². The van der Waals surface area contributed by atoms with Crippen LogP contribution in [0.4, 0.5) is 10.6 Å². The molecule has 0 saturated carbocycles. The number of hydrogen-bond acceptors (Lipinski definition) is 4. The second-order valence-electron chi connectivity index (χ2n) is 6.57. The fourth-order valence-corrected chi connectivity index (χ4v) is 2.73. The number of carbonyl (C=O) groups excluding carboxylic acids is 1. The molecule has 1 aromatic carbocycles. The van der Waals surface area contributed by atoms with Gasteiger partial charge < -0.3 is 10.1 Å². The van der Waals surface area contributed by atoms with Crippen molar-refractivity contribution < 1.29 is 9.53 Å². The van der Waals surface area contributed by atoms with E-state index in [1.165, 1.54) is 0 Å². The van der Waals surface area contributed by atoms with Crippen LogP contribution < -0.4 is 10.6 Å². The maximum absolute atomic E-state index is 12.0. The van der Waals surface area contributed by atoms with Crippen molar-refractivity contribution >= 4 is 35.1 Å². The topological polar surface area (TPSA) is 68.2 Å². The molecule has 0 aliphatic rings. The predicted molar refractivity (Wildman–Crippen MR) is 100 cm³/mol. The van der Waals surface area contributed by atoms with E-state index >= 15 is 0 Å². The third-order valence-electron chi connectivity index (χ3n) is 3.31. The molecule has 6 nitrogen and oxygen atoms in total. The number of amides is 1. The maximum Gasteiger partial charge on any atom is 0.413 e. The first-order chi connectivity index (χ1) is 11.7. The molecule has 0 fully saturated rings. The zero-order chi connectivity index (χ0) is 18.6. The molecule has 0 aliphatic carbocycles. The van der Waals surface area contributed by atoms with Crippen LogP contribution in [0.3, 0.4) is 0 Å². The molecule has 2 N–H and O–H groups in total. The monoisotopic (exact) mass is 384 g/mol. The number of nitrogens with zero attached hydrogens (tertiary/aromatic N) is 2. The van der Waals surface area contributed by atoms with Gasteiger partial charge in [0.05, 0.1) is 6.20 Å². The Bertz CT molecular complexity index is 733. The third kappa shape index (κ3) is 5.63. The highest BCUT2D eigenvalue weighted by atomic mass is 35.5. The van der Waals surface area contributed by atoms with Gasteiger partial charge >= 0.3 is 6.09 Å². The average molecular weight is 385 g/mol. The number of anilines is 1. The van der Waals surface area contributed by atoms with Gasteiger partial charge in [0.15, 0.2) is 0 Å². The summed E-state index contributed by atoms with van der Waals surface area (Å²) in [6.07, 6.45) is 1.17. The van der Waals surface area contributed by atoms with Crippen molar-refractivity contribution in [3.63, 3.8) is 0 Å². The molecule has 0 unspecified atom stereocenters. The van der Waals surface area contributed by atoms with Crippen molar-refractivity contribution in [2.24, 2.45) is 7.05 Å². The Kier molecular flexibility index (Phi) is 6.32. The third-order valence-corrected chi connectivity index (χ3v) is 4.02. The van der Waals surface area contributed by atoms with E-state index in [9.17, 15) is 4.79 Å². The van der Waals surface area contributed by atoms with Crippen molar-refractivity contribution in [2.45, 2.75) is 39.5 Å². The van der Waals surface area contributed by atoms with E-state index in [2.05, 4.69) is 15.7 Å². The molecule has 8 heteroatoms. The molecule has 1 aromatic heterocycles. The van der Waals surface area contributed by atoms with Crippen LogP contribution in [0.25, 0.3) is 0 Å². The van der Waals surface area contributed by atoms with Gasteiger partial charge in [0.2, 0.25) is 0 Å². The molecule has 0 saturated heterocycles. The smallest absolute Gasteiger partial charge is 0.413 e. The van der Waals surface area contributed by atoms with E-state index in [-0.39, 0.29) is 0 Å². The summed E-state index contributed by atoms with van der Waals surface area (Å²) in [6, 6.07) is 5.40. The summed E-state index contributed by atoms with van der Waals surface area (Å²) in [7, 11) is 1.75. The van der Waals surface area contributed by atoms with Crippen LogP contribution >= 0.6 is 23.2 Å². The van der Waals surface area contributed by atoms with Gasteiger partial charge in [-0.3, -0.25) is 10.00 Å². The number of rotatable bonds is 5. The van der Waals surface area contributed by atoms with Gasteiger partial charge in [-0.1, -0.05) is 29.3 Å². The highest BCUT2D eigenvalue weighted by molar-refractivity contribution is 6.35.